The number of rotatable bonds is 2. The predicted octanol–water partition coefficient (Wildman–Crippen LogP) is 5.33. The number of ether oxygens (including phenoxy) is 1. The minimum Gasteiger partial charge on any atom is -0.468 e. The molecule has 2 aliphatic rings. The molecule has 3 nitrogen and oxygen atoms in total. The maximum atomic E-state index is 12.8. The van der Waals surface area contributed by atoms with Crippen molar-refractivity contribution >= 4 is 23.1 Å². The van der Waals surface area contributed by atoms with Crippen molar-refractivity contribution in [3.63, 3.8) is 0 Å². The number of halogens is 1. The van der Waals surface area contributed by atoms with Gasteiger partial charge in [0.05, 0.1) is 5.70 Å². The van der Waals surface area contributed by atoms with Gasteiger partial charge in [-0.1, -0.05) is 43.7 Å². The summed E-state index contributed by atoms with van der Waals surface area (Å²) in [6.07, 6.45) is 9.90. The first kappa shape index (κ1) is 17.3. The quantitative estimate of drug-likeness (QED) is 0.735. The van der Waals surface area contributed by atoms with Crippen LogP contribution in [0.3, 0.4) is 0 Å². The van der Waals surface area contributed by atoms with Crippen molar-refractivity contribution in [2.24, 2.45) is 5.92 Å². The van der Waals surface area contributed by atoms with E-state index in [0.29, 0.717) is 5.02 Å². The first-order valence-electron chi connectivity index (χ1n) is 8.97. The third-order valence-electron chi connectivity index (χ3n) is 4.83. The molecule has 1 fully saturated rings. The average molecular weight is 348 g/mol. The molecule has 1 heterocycles. The molecule has 1 aromatic carbocycles. The highest BCUT2D eigenvalue weighted by Gasteiger charge is 2.30. The molecule has 3 rings (SSSR count). The standard InChI is InChI=1S/C20H26ClNO2/c1-20(2)22-17(16-12-15(21)10-11-19(16)24-20)13-18(23)14-8-6-4-3-5-7-9-14/h10-14,22H,3-9H2,1-2H3/b17-13-. The van der Waals surface area contributed by atoms with Gasteiger partial charge >= 0.3 is 0 Å². The zero-order valence-electron chi connectivity index (χ0n) is 14.5. The molecule has 0 saturated heterocycles. The van der Waals surface area contributed by atoms with Gasteiger partial charge in [-0.2, -0.15) is 0 Å². The van der Waals surface area contributed by atoms with E-state index in [9.17, 15) is 4.79 Å². The number of allylic oxidation sites excluding steroid dienone is 1. The summed E-state index contributed by atoms with van der Waals surface area (Å²) in [7, 11) is 0. The van der Waals surface area contributed by atoms with E-state index < -0.39 is 5.72 Å². The lowest BCUT2D eigenvalue weighted by atomic mass is 9.87. The number of hydrogen-bond donors (Lipinski definition) is 1. The largest absolute Gasteiger partial charge is 0.468 e. The number of fused-ring (bicyclic) bond motifs is 1. The molecule has 1 N–H and O–H groups in total. The van der Waals surface area contributed by atoms with Crippen LogP contribution in [0.2, 0.25) is 5.02 Å². The lowest BCUT2D eigenvalue weighted by Gasteiger charge is -2.36. The van der Waals surface area contributed by atoms with Crippen LogP contribution in [0.25, 0.3) is 5.70 Å². The predicted molar refractivity (Wildman–Crippen MR) is 98.1 cm³/mol. The molecule has 0 amide bonds. The highest BCUT2D eigenvalue weighted by Crippen LogP contribution is 2.36. The molecular formula is C20H26ClNO2. The minimum atomic E-state index is -0.548. The maximum absolute atomic E-state index is 12.8. The van der Waals surface area contributed by atoms with E-state index in [4.69, 9.17) is 16.3 Å². The van der Waals surface area contributed by atoms with E-state index in [1.54, 1.807) is 6.08 Å². The molecule has 130 valence electrons. The zero-order valence-corrected chi connectivity index (χ0v) is 15.3. The molecule has 1 aromatic rings. The lowest BCUT2D eigenvalue weighted by molar-refractivity contribution is -0.118. The minimum absolute atomic E-state index is 0.146. The van der Waals surface area contributed by atoms with E-state index in [2.05, 4.69) is 5.32 Å². The molecule has 0 unspecified atom stereocenters. The molecule has 1 aliphatic carbocycles. The lowest BCUT2D eigenvalue weighted by Crippen LogP contribution is -2.46. The molecule has 0 atom stereocenters. The summed E-state index contributed by atoms with van der Waals surface area (Å²) in [6.45, 7) is 3.91. The number of hydrogen-bond acceptors (Lipinski definition) is 3. The van der Waals surface area contributed by atoms with Crippen molar-refractivity contribution in [2.45, 2.75) is 64.5 Å². The zero-order chi connectivity index (χ0) is 17.2. The molecule has 1 aliphatic heterocycles. The van der Waals surface area contributed by atoms with E-state index in [-0.39, 0.29) is 11.7 Å². The van der Waals surface area contributed by atoms with Crippen LogP contribution in [0.4, 0.5) is 0 Å². The third kappa shape index (κ3) is 4.13. The van der Waals surface area contributed by atoms with E-state index in [0.717, 1.165) is 42.7 Å². The Labute approximate surface area is 149 Å². The van der Waals surface area contributed by atoms with Gasteiger partial charge in [-0.05, 0) is 44.9 Å². The Bertz CT molecular complexity index is 643. The van der Waals surface area contributed by atoms with Crippen LogP contribution in [0.1, 0.15) is 64.4 Å². The highest BCUT2D eigenvalue weighted by molar-refractivity contribution is 6.30. The van der Waals surface area contributed by atoms with Crippen molar-refractivity contribution in [2.75, 3.05) is 0 Å². The van der Waals surface area contributed by atoms with Crippen LogP contribution in [-0.2, 0) is 4.79 Å². The monoisotopic (exact) mass is 347 g/mol. The summed E-state index contributed by atoms with van der Waals surface area (Å²) in [5, 5.41) is 3.98. The molecular weight excluding hydrogens is 322 g/mol. The molecule has 0 radical (unpaired) electrons. The molecule has 0 bridgehead atoms. The van der Waals surface area contributed by atoms with Crippen LogP contribution >= 0.6 is 11.6 Å². The van der Waals surface area contributed by atoms with Gasteiger partial charge in [0.25, 0.3) is 0 Å². The van der Waals surface area contributed by atoms with Gasteiger partial charge in [0, 0.05) is 22.6 Å². The van der Waals surface area contributed by atoms with Crippen molar-refractivity contribution in [3.05, 3.63) is 34.9 Å². The van der Waals surface area contributed by atoms with Gasteiger partial charge < -0.3 is 10.1 Å². The third-order valence-corrected chi connectivity index (χ3v) is 5.06. The Morgan fingerprint density at radius 3 is 2.58 bits per heavy atom. The number of carbonyl (C=O) groups is 1. The number of benzene rings is 1. The highest BCUT2D eigenvalue weighted by atomic mass is 35.5. The Balaban J connectivity index is 1.87. The average Bonchev–Trinajstić information content (AvgIpc) is 2.46. The van der Waals surface area contributed by atoms with Crippen LogP contribution in [-0.4, -0.2) is 11.5 Å². The van der Waals surface area contributed by atoms with E-state index in [1.807, 2.05) is 32.0 Å². The molecule has 0 aromatic heterocycles. The van der Waals surface area contributed by atoms with Crippen LogP contribution in [0.15, 0.2) is 24.3 Å². The maximum Gasteiger partial charge on any atom is 0.175 e. The Morgan fingerprint density at radius 2 is 1.88 bits per heavy atom. The van der Waals surface area contributed by atoms with E-state index >= 15 is 0 Å². The fraction of sp³-hybridized carbons (Fsp3) is 0.550. The molecule has 0 spiro atoms. The second kappa shape index (κ2) is 7.18. The van der Waals surface area contributed by atoms with E-state index in [1.165, 1.54) is 19.3 Å². The smallest absolute Gasteiger partial charge is 0.175 e. The number of carbonyl (C=O) groups excluding carboxylic acids is 1. The van der Waals surface area contributed by atoms with Crippen LogP contribution < -0.4 is 10.1 Å². The summed E-state index contributed by atoms with van der Waals surface area (Å²) in [5.41, 5.74) is 1.13. The summed E-state index contributed by atoms with van der Waals surface area (Å²) in [5.74, 6) is 1.14. The first-order chi connectivity index (χ1) is 11.4. The second-order valence-corrected chi connectivity index (χ2v) is 7.82. The van der Waals surface area contributed by atoms with Crippen molar-refractivity contribution in [3.8, 4) is 5.75 Å². The van der Waals surface area contributed by atoms with Gasteiger partial charge in [-0.25, -0.2) is 0 Å². The fourth-order valence-corrected chi connectivity index (χ4v) is 3.78. The second-order valence-electron chi connectivity index (χ2n) is 7.38. The van der Waals surface area contributed by atoms with Crippen LogP contribution in [0, 0.1) is 5.92 Å². The Hall–Kier alpha value is -1.48. The Kier molecular flexibility index (Phi) is 5.19. The summed E-state index contributed by atoms with van der Waals surface area (Å²) >= 11 is 6.14. The molecule has 4 heteroatoms. The summed E-state index contributed by atoms with van der Waals surface area (Å²) < 4.78 is 5.95. The van der Waals surface area contributed by atoms with Gasteiger partial charge in [0.1, 0.15) is 5.75 Å². The van der Waals surface area contributed by atoms with Crippen molar-refractivity contribution in [1.29, 1.82) is 0 Å². The van der Waals surface area contributed by atoms with Crippen molar-refractivity contribution in [1.82, 2.24) is 5.32 Å². The van der Waals surface area contributed by atoms with Gasteiger partial charge in [0.2, 0.25) is 0 Å². The number of nitrogens with one attached hydrogen (secondary N) is 1. The van der Waals surface area contributed by atoms with Gasteiger partial charge in [-0.3, -0.25) is 4.79 Å². The van der Waals surface area contributed by atoms with Crippen LogP contribution in [0.5, 0.6) is 5.75 Å². The SMILES string of the molecule is CC1(C)N/C(=C\C(=O)C2CCCCCCC2)c2cc(Cl)ccc2O1. The molecule has 1 saturated carbocycles. The van der Waals surface area contributed by atoms with Gasteiger partial charge in [0.15, 0.2) is 11.5 Å². The first-order valence-corrected chi connectivity index (χ1v) is 9.35. The topological polar surface area (TPSA) is 38.3 Å². The normalized spacial score (nSPS) is 22.7. The van der Waals surface area contributed by atoms with Gasteiger partial charge in [-0.15, -0.1) is 0 Å². The Morgan fingerprint density at radius 1 is 1.21 bits per heavy atom. The molecule has 24 heavy (non-hydrogen) atoms. The summed E-state index contributed by atoms with van der Waals surface area (Å²) in [4.78, 5) is 12.8. The summed E-state index contributed by atoms with van der Waals surface area (Å²) in [6, 6.07) is 5.54. The fourth-order valence-electron chi connectivity index (χ4n) is 3.61. The number of ketones is 1. The van der Waals surface area contributed by atoms with Crippen molar-refractivity contribution < 1.29 is 9.53 Å².